The number of benzene rings is 1. The van der Waals surface area contributed by atoms with E-state index in [1.165, 1.54) is 11.3 Å². The van der Waals surface area contributed by atoms with Gasteiger partial charge < -0.3 is 5.32 Å². The number of fused-ring (bicyclic) bond motifs is 1. The van der Waals surface area contributed by atoms with Gasteiger partial charge in [-0.05, 0) is 25.1 Å². The third-order valence-corrected chi connectivity index (χ3v) is 7.12. The van der Waals surface area contributed by atoms with Gasteiger partial charge in [-0.2, -0.15) is 5.10 Å². The van der Waals surface area contributed by atoms with Crippen molar-refractivity contribution in [3.05, 3.63) is 45.9 Å². The molecule has 0 aliphatic rings. The Kier molecular flexibility index (Phi) is 5.36. The van der Waals surface area contributed by atoms with E-state index in [-0.39, 0.29) is 24.0 Å². The number of amides is 1. The number of rotatable bonds is 6. The van der Waals surface area contributed by atoms with E-state index in [2.05, 4.69) is 10.4 Å². The number of thiophene rings is 1. The van der Waals surface area contributed by atoms with Gasteiger partial charge in [-0.3, -0.25) is 4.79 Å². The van der Waals surface area contributed by atoms with Crippen LogP contribution in [0, 0.1) is 6.92 Å². The molecule has 0 saturated carbocycles. The Morgan fingerprint density at radius 2 is 2.08 bits per heavy atom. The molecule has 6 nitrogen and oxygen atoms in total. The molecule has 0 radical (unpaired) electrons. The maximum absolute atomic E-state index is 12.4. The summed E-state index contributed by atoms with van der Waals surface area (Å²) >= 11 is 7.57. The highest BCUT2D eigenvalue weighted by atomic mass is 35.5. The number of carbonyl (C=O) groups excluding carboxylic acids is 1. The molecule has 1 amide bonds. The van der Waals surface area contributed by atoms with Gasteiger partial charge in [0, 0.05) is 17.7 Å². The number of halogens is 1. The predicted octanol–water partition coefficient (Wildman–Crippen LogP) is 3.21. The van der Waals surface area contributed by atoms with E-state index >= 15 is 0 Å². The molecular weight excluding hydrogens is 394 g/mol. The monoisotopic (exact) mass is 411 g/mol. The summed E-state index contributed by atoms with van der Waals surface area (Å²) in [4.78, 5) is 13.7. The number of sulfone groups is 1. The van der Waals surface area contributed by atoms with Gasteiger partial charge in [0.2, 0.25) is 0 Å². The molecule has 3 rings (SSSR count). The Hall–Kier alpha value is -1.90. The van der Waals surface area contributed by atoms with Gasteiger partial charge in [0.15, 0.2) is 9.84 Å². The maximum atomic E-state index is 12.4. The Balaban J connectivity index is 1.87. The van der Waals surface area contributed by atoms with Crippen LogP contribution in [0.2, 0.25) is 5.02 Å². The van der Waals surface area contributed by atoms with Crippen LogP contribution in [0.5, 0.6) is 0 Å². The van der Waals surface area contributed by atoms with E-state index in [1.807, 2.05) is 25.1 Å². The summed E-state index contributed by atoms with van der Waals surface area (Å²) in [5, 5.41) is 8.63. The SMILES string of the molecule is CCS(=O)(=O)CCNC(=O)c1cc2c(C)nn(-c3ccccc3Cl)c2s1. The number of aromatic nitrogens is 2. The second-order valence-electron chi connectivity index (χ2n) is 5.77. The van der Waals surface area contributed by atoms with Crippen LogP contribution in [0.1, 0.15) is 22.3 Å². The first kappa shape index (κ1) is 18.9. The van der Waals surface area contributed by atoms with Crippen molar-refractivity contribution in [3.8, 4) is 5.69 Å². The minimum absolute atomic E-state index is 0.0629. The Bertz CT molecular complexity index is 1070. The molecule has 0 aliphatic heterocycles. The van der Waals surface area contributed by atoms with Gasteiger partial charge in [-0.1, -0.05) is 30.7 Å². The first-order valence-corrected chi connectivity index (χ1v) is 11.1. The average molecular weight is 412 g/mol. The summed E-state index contributed by atoms with van der Waals surface area (Å²) in [6, 6.07) is 9.15. The third kappa shape index (κ3) is 3.77. The lowest BCUT2D eigenvalue weighted by molar-refractivity contribution is 0.0960. The highest BCUT2D eigenvalue weighted by Gasteiger charge is 2.18. The van der Waals surface area contributed by atoms with Crippen LogP contribution in [0.15, 0.2) is 30.3 Å². The van der Waals surface area contributed by atoms with Crippen molar-refractivity contribution in [2.24, 2.45) is 0 Å². The molecule has 0 spiro atoms. The molecule has 0 bridgehead atoms. The van der Waals surface area contributed by atoms with Crippen LogP contribution in [0.4, 0.5) is 0 Å². The summed E-state index contributed by atoms with van der Waals surface area (Å²) in [6.45, 7) is 3.56. The number of aryl methyl sites for hydroxylation is 1. The number of hydrogen-bond acceptors (Lipinski definition) is 5. The average Bonchev–Trinajstić information content (AvgIpc) is 3.16. The molecule has 3 aromatic rings. The predicted molar refractivity (Wildman–Crippen MR) is 105 cm³/mol. The van der Waals surface area contributed by atoms with Crippen molar-refractivity contribution in [2.45, 2.75) is 13.8 Å². The van der Waals surface area contributed by atoms with Crippen molar-refractivity contribution in [2.75, 3.05) is 18.1 Å². The molecule has 1 N–H and O–H groups in total. The summed E-state index contributed by atoms with van der Waals surface area (Å²) in [6.07, 6.45) is 0. The number of nitrogens with zero attached hydrogens (tertiary/aromatic N) is 2. The molecule has 0 aliphatic carbocycles. The fourth-order valence-corrected chi connectivity index (χ4v) is 4.51. The largest absolute Gasteiger partial charge is 0.350 e. The number of nitrogens with one attached hydrogen (secondary N) is 1. The zero-order valence-electron chi connectivity index (χ0n) is 14.3. The fourth-order valence-electron chi connectivity index (χ4n) is 2.50. The summed E-state index contributed by atoms with van der Waals surface area (Å²) < 4.78 is 24.8. The van der Waals surface area contributed by atoms with Crippen LogP contribution >= 0.6 is 22.9 Å². The van der Waals surface area contributed by atoms with Crippen LogP contribution in [-0.4, -0.2) is 42.2 Å². The van der Waals surface area contributed by atoms with Crippen LogP contribution < -0.4 is 5.32 Å². The molecule has 2 aromatic heterocycles. The normalized spacial score (nSPS) is 11.8. The zero-order chi connectivity index (χ0) is 18.9. The first-order chi connectivity index (χ1) is 12.3. The summed E-state index contributed by atoms with van der Waals surface area (Å²) in [5.41, 5.74) is 1.54. The number of carbonyl (C=O) groups is 1. The summed E-state index contributed by atoms with van der Waals surface area (Å²) in [5.74, 6) is -0.284. The quantitative estimate of drug-likeness (QED) is 0.675. The lowest BCUT2D eigenvalue weighted by atomic mass is 10.3. The molecule has 1 aromatic carbocycles. The minimum atomic E-state index is -3.11. The third-order valence-electron chi connectivity index (χ3n) is 3.99. The zero-order valence-corrected chi connectivity index (χ0v) is 16.7. The van der Waals surface area contributed by atoms with E-state index < -0.39 is 9.84 Å². The van der Waals surface area contributed by atoms with Gasteiger partial charge in [0.05, 0.1) is 27.0 Å². The lowest BCUT2D eigenvalue weighted by Gasteiger charge is -2.05. The number of para-hydroxylation sites is 1. The Labute approximate surface area is 160 Å². The van der Waals surface area contributed by atoms with E-state index in [4.69, 9.17) is 11.6 Å². The molecule has 0 saturated heterocycles. The highest BCUT2D eigenvalue weighted by molar-refractivity contribution is 7.91. The van der Waals surface area contributed by atoms with Gasteiger partial charge >= 0.3 is 0 Å². The molecule has 9 heteroatoms. The van der Waals surface area contributed by atoms with E-state index in [0.29, 0.717) is 9.90 Å². The molecule has 0 fully saturated rings. The second-order valence-corrected chi connectivity index (χ2v) is 9.68. The summed E-state index contributed by atoms with van der Waals surface area (Å²) in [7, 11) is -3.11. The minimum Gasteiger partial charge on any atom is -0.350 e. The van der Waals surface area contributed by atoms with E-state index in [0.717, 1.165) is 21.6 Å². The molecule has 138 valence electrons. The molecule has 0 atom stereocenters. The highest BCUT2D eigenvalue weighted by Crippen LogP contribution is 2.32. The van der Waals surface area contributed by atoms with Gasteiger partial charge in [0.1, 0.15) is 4.83 Å². The van der Waals surface area contributed by atoms with Gasteiger partial charge in [-0.25, -0.2) is 13.1 Å². The van der Waals surface area contributed by atoms with E-state index in [1.54, 1.807) is 23.7 Å². The van der Waals surface area contributed by atoms with Crippen molar-refractivity contribution >= 4 is 48.9 Å². The van der Waals surface area contributed by atoms with Crippen molar-refractivity contribution in [1.82, 2.24) is 15.1 Å². The van der Waals surface area contributed by atoms with Crippen LogP contribution in [0.25, 0.3) is 15.9 Å². The molecular formula is C17H18ClN3O3S2. The number of hydrogen-bond donors (Lipinski definition) is 1. The van der Waals surface area contributed by atoms with Crippen molar-refractivity contribution in [3.63, 3.8) is 0 Å². The van der Waals surface area contributed by atoms with E-state index in [9.17, 15) is 13.2 Å². The molecule has 0 unspecified atom stereocenters. The molecule has 26 heavy (non-hydrogen) atoms. The topological polar surface area (TPSA) is 81.1 Å². The van der Waals surface area contributed by atoms with Crippen molar-refractivity contribution in [1.29, 1.82) is 0 Å². The standard InChI is InChI=1S/C17H18ClN3O3S2/c1-3-26(23,24)9-8-19-16(22)15-10-12-11(2)20-21(17(12)25-15)14-7-5-4-6-13(14)18/h4-7,10H,3,8-9H2,1-2H3,(H,19,22). The smallest absolute Gasteiger partial charge is 0.261 e. The second kappa shape index (κ2) is 7.38. The lowest BCUT2D eigenvalue weighted by Crippen LogP contribution is -2.29. The van der Waals surface area contributed by atoms with Crippen LogP contribution in [0.3, 0.4) is 0 Å². The van der Waals surface area contributed by atoms with Gasteiger partial charge in [0.25, 0.3) is 5.91 Å². The Morgan fingerprint density at radius 1 is 1.35 bits per heavy atom. The van der Waals surface area contributed by atoms with Crippen LogP contribution in [-0.2, 0) is 9.84 Å². The fraction of sp³-hybridized carbons (Fsp3) is 0.294. The Morgan fingerprint density at radius 3 is 2.77 bits per heavy atom. The molecule has 2 heterocycles. The van der Waals surface area contributed by atoms with Crippen molar-refractivity contribution < 1.29 is 13.2 Å². The maximum Gasteiger partial charge on any atom is 0.261 e. The van der Waals surface area contributed by atoms with Gasteiger partial charge in [-0.15, -0.1) is 11.3 Å². The first-order valence-electron chi connectivity index (χ1n) is 8.05.